The summed E-state index contributed by atoms with van der Waals surface area (Å²) >= 11 is 0. The number of ether oxygens (including phenoxy) is 1. The lowest BCUT2D eigenvalue weighted by Crippen LogP contribution is -2.50. The molecule has 24 heavy (non-hydrogen) atoms. The predicted molar refractivity (Wildman–Crippen MR) is 79.6 cm³/mol. The topological polar surface area (TPSA) is 46.6 Å². The molecule has 0 radical (unpaired) electrons. The normalized spacial score (nSPS) is 15.7. The minimum absolute atomic E-state index is 0.0443. The first-order valence-electron chi connectivity index (χ1n) is 7.07. The summed E-state index contributed by atoms with van der Waals surface area (Å²) in [6.45, 7) is 0.939. The third-order valence-electron chi connectivity index (χ3n) is 3.62. The molecule has 1 amide bonds. The van der Waals surface area contributed by atoms with Gasteiger partial charge in [0.1, 0.15) is 5.82 Å². The van der Waals surface area contributed by atoms with Crippen LogP contribution in [0, 0.1) is 5.82 Å². The molecule has 3 rings (SSSR count). The Morgan fingerprint density at radius 3 is 2.58 bits per heavy atom. The zero-order chi connectivity index (χ0) is 17.5. The predicted octanol–water partition coefficient (Wildman–Crippen LogP) is 3.55. The van der Waals surface area contributed by atoms with E-state index in [0.717, 1.165) is 11.0 Å². The molecule has 2 aromatic rings. The van der Waals surface area contributed by atoms with Crippen molar-refractivity contribution in [2.24, 2.45) is 0 Å². The van der Waals surface area contributed by atoms with Crippen molar-refractivity contribution in [3.63, 3.8) is 0 Å². The number of hydrogen-bond donors (Lipinski definition) is 0. The standard InChI is InChI=1S/C17H12F3NO3/c1-10(22)13-6-3-7-14-15(13)24-17(19,20)16(23)21(14)9-11-4-2-5-12(18)8-11/h2-8H,9H2,1H3. The van der Waals surface area contributed by atoms with E-state index in [0.29, 0.717) is 5.56 Å². The highest BCUT2D eigenvalue weighted by Gasteiger charge is 2.51. The lowest BCUT2D eigenvalue weighted by Gasteiger charge is -2.34. The molecule has 0 N–H and O–H groups in total. The molecule has 7 heteroatoms. The summed E-state index contributed by atoms with van der Waals surface area (Å²) in [7, 11) is 0. The molecule has 1 heterocycles. The van der Waals surface area contributed by atoms with E-state index in [-0.39, 0.29) is 23.5 Å². The molecule has 0 saturated heterocycles. The highest BCUT2D eigenvalue weighted by atomic mass is 19.3. The van der Waals surface area contributed by atoms with Gasteiger partial charge in [0.05, 0.1) is 17.8 Å². The molecular formula is C17H12F3NO3. The number of carbonyl (C=O) groups is 2. The Morgan fingerprint density at radius 2 is 1.92 bits per heavy atom. The van der Waals surface area contributed by atoms with E-state index in [4.69, 9.17) is 0 Å². The van der Waals surface area contributed by atoms with Gasteiger partial charge in [-0.2, -0.15) is 8.78 Å². The smallest absolute Gasteiger partial charge is 0.422 e. The van der Waals surface area contributed by atoms with Crippen LogP contribution in [0.15, 0.2) is 42.5 Å². The largest absolute Gasteiger partial charge is 0.483 e. The molecule has 0 aliphatic carbocycles. The molecule has 0 fully saturated rings. The highest BCUT2D eigenvalue weighted by molar-refractivity contribution is 6.05. The number of rotatable bonds is 3. The summed E-state index contributed by atoms with van der Waals surface area (Å²) in [6.07, 6.45) is -4.11. The molecule has 0 aromatic heterocycles. The van der Waals surface area contributed by atoms with Gasteiger partial charge in [0.25, 0.3) is 0 Å². The fraction of sp³-hybridized carbons (Fsp3) is 0.176. The minimum Gasteiger partial charge on any atom is -0.422 e. The van der Waals surface area contributed by atoms with Crippen molar-refractivity contribution in [3.8, 4) is 5.75 Å². The van der Waals surface area contributed by atoms with Crippen LogP contribution in [0.5, 0.6) is 5.75 Å². The summed E-state index contributed by atoms with van der Waals surface area (Å²) in [5.41, 5.74) is 0.326. The van der Waals surface area contributed by atoms with Gasteiger partial charge in [-0.3, -0.25) is 14.5 Å². The summed E-state index contributed by atoms with van der Waals surface area (Å²) in [5, 5.41) is 0. The molecule has 0 bridgehead atoms. The SMILES string of the molecule is CC(=O)c1cccc2c1OC(F)(F)C(=O)N2Cc1cccc(F)c1. The van der Waals surface area contributed by atoms with Gasteiger partial charge in [-0.05, 0) is 36.8 Å². The molecule has 0 unspecified atom stereocenters. The second kappa shape index (κ2) is 5.67. The Kier molecular flexibility index (Phi) is 3.79. The van der Waals surface area contributed by atoms with Crippen LogP contribution in [0.4, 0.5) is 18.9 Å². The number of amides is 1. The zero-order valence-electron chi connectivity index (χ0n) is 12.6. The van der Waals surface area contributed by atoms with Gasteiger partial charge >= 0.3 is 12.0 Å². The van der Waals surface area contributed by atoms with E-state index in [2.05, 4.69) is 4.74 Å². The fourth-order valence-corrected chi connectivity index (χ4v) is 2.54. The van der Waals surface area contributed by atoms with Gasteiger partial charge < -0.3 is 4.74 Å². The maximum absolute atomic E-state index is 14.0. The van der Waals surface area contributed by atoms with E-state index < -0.39 is 23.6 Å². The van der Waals surface area contributed by atoms with Crippen molar-refractivity contribution in [3.05, 3.63) is 59.4 Å². The molecule has 1 aliphatic rings. The molecule has 0 saturated carbocycles. The van der Waals surface area contributed by atoms with Gasteiger partial charge in [0.15, 0.2) is 11.5 Å². The van der Waals surface area contributed by atoms with Crippen molar-refractivity contribution in [1.82, 2.24) is 0 Å². The molecule has 124 valence electrons. The number of halogens is 3. The summed E-state index contributed by atoms with van der Waals surface area (Å²) in [6, 6.07) is 9.49. The molecule has 2 aromatic carbocycles. The fourth-order valence-electron chi connectivity index (χ4n) is 2.54. The van der Waals surface area contributed by atoms with Gasteiger partial charge in [-0.15, -0.1) is 0 Å². The van der Waals surface area contributed by atoms with Crippen molar-refractivity contribution in [1.29, 1.82) is 0 Å². The number of Topliss-reactive ketones (excluding diaryl/α,β-unsaturated/α-hetero) is 1. The molecular weight excluding hydrogens is 323 g/mol. The van der Waals surface area contributed by atoms with Crippen LogP contribution in [0.3, 0.4) is 0 Å². The van der Waals surface area contributed by atoms with E-state index in [1.807, 2.05) is 0 Å². The van der Waals surface area contributed by atoms with Crippen LogP contribution in [0.25, 0.3) is 0 Å². The van der Waals surface area contributed by atoms with Gasteiger partial charge in [0.2, 0.25) is 0 Å². The number of para-hydroxylation sites is 1. The second-order valence-electron chi connectivity index (χ2n) is 5.35. The van der Waals surface area contributed by atoms with E-state index in [1.54, 1.807) is 0 Å². The number of anilines is 1. The molecule has 0 spiro atoms. The average Bonchev–Trinajstić information content (AvgIpc) is 2.51. The Bertz CT molecular complexity index is 836. The zero-order valence-corrected chi connectivity index (χ0v) is 12.6. The van der Waals surface area contributed by atoms with E-state index in [9.17, 15) is 22.8 Å². The van der Waals surface area contributed by atoms with Crippen molar-refractivity contribution < 1.29 is 27.5 Å². The molecule has 4 nitrogen and oxygen atoms in total. The van der Waals surface area contributed by atoms with Crippen LogP contribution in [0.2, 0.25) is 0 Å². The van der Waals surface area contributed by atoms with Crippen molar-refractivity contribution >= 4 is 17.4 Å². The van der Waals surface area contributed by atoms with E-state index >= 15 is 0 Å². The number of alkyl halides is 2. The molecule has 0 atom stereocenters. The second-order valence-corrected chi connectivity index (χ2v) is 5.35. The number of hydrogen-bond acceptors (Lipinski definition) is 3. The van der Waals surface area contributed by atoms with Crippen LogP contribution < -0.4 is 9.64 Å². The first-order chi connectivity index (χ1) is 11.3. The lowest BCUT2D eigenvalue weighted by atomic mass is 10.1. The Hall–Kier alpha value is -2.83. The van der Waals surface area contributed by atoms with Crippen LogP contribution in [-0.4, -0.2) is 17.8 Å². The Balaban J connectivity index is 2.10. The minimum atomic E-state index is -4.11. The summed E-state index contributed by atoms with van der Waals surface area (Å²) in [4.78, 5) is 24.5. The lowest BCUT2D eigenvalue weighted by molar-refractivity contribution is -0.193. The van der Waals surface area contributed by atoms with E-state index in [1.165, 1.54) is 43.3 Å². The third kappa shape index (κ3) is 2.73. The highest BCUT2D eigenvalue weighted by Crippen LogP contribution is 2.42. The van der Waals surface area contributed by atoms with Crippen LogP contribution in [0.1, 0.15) is 22.8 Å². The quantitative estimate of drug-likeness (QED) is 0.806. The monoisotopic (exact) mass is 335 g/mol. The third-order valence-corrected chi connectivity index (χ3v) is 3.62. The maximum Gasteiger partial charge on any atom is 0.483 e. The number of ketones is 1. The van der Waals surface area contributed by atoms with Crippen LogP contribution in [-0.2, 0) is 11.3 Å². The van der Waals surface area contributed by atoms with Crippen LogP contribution >= 0.6 is 0 Å². The van der Waals surface area contributed by atoms with Crippen molar-refractivity contribution in [2.45, 2.75) is 19.6 Å². The van der Waals surface area contributed by atoms with Crippen molar-refractivity contribution in [2.75, 3.05) is 4.90 Å². The first-order valence-corrected chi connectivity index (χ1v) is 7.07. The van der Waals surface area contributed by atoms with Gasteiger partial charge in [-0.1, -0.05) is 18.2 Å². The maximum atomic E-state index is 14.0. The number of benzene rings is 2. The first kappa shape index (κ1) is 16.0. The summed E-state index contributed by atoms with van der Waals surface area (Å²) in [5.74, 6) is -2.94. The number of carbonyl (C=O) groups excluding carboxylic acids is 2. The van der Waals surface area contributed by atoms with Gasteiger partial charge in [0, 0.05) is 0 Å². The molecule has 1 aliphatic heterocycles. The number of nitrogens with zero attached hydrogens (tertiary/aromatic N) is 1. The Morgan fingerprint density at radius 1 is 1.21 bits per heavy atom. The number of fused-ring (bicyclic) bond motifs is 1. The average molecular weight is 335 g/mol. The Labute approximate surface area is 135 Å². The van der Waals surface area contributed by atoms with Gasteiger partial charge in [-0.25, -0.2) is 4.39 Å². The summed E-state index contributed by atoms with van der Waals surface area (Å²) < 4.78 is 45.7.